The second-order valence-corrected chi connectivity index (χ2v) is 4.06. The van der Waals surface area contributed by atoms with Crippen molar-refractivity contribution < 1.29 is 13.9 Å². The average molecular weight is 269 g/mol. The number of aromatic nitrogens is 2. The number of aryl methyl sites for hydroxylation is 1. The van der Waals surface area contributed by atoms with Crippen LogP contribution in [0.1, 0.15) is 10.4 Å². The van der Waals surface area contributed by atoms with Gasteiger partial charge in [0.2, 0.25) is 0 Å². The van der Waals surface area contributed by atoms with Crippen molar-refractivity contribution >= 4 is 17.6 Å². The molecule has 6 heteroatoms. The lowest BCUT2D eigenvalue weighted by Crippen LogP contribution is -2.06. The minimum atomic E-state index is -0.803. The zero-order chi connectivity index (χ0) is 13.3. The van der Waals surface area contributed by atoms with Gasteiger partial charge in [0.05, 0.1) is 18.3 Å². The highest BCUT2D eigenvalue weighted by atomic mass is 35.5. The van der Waals surface area contributed by atoms with E-state index in [1.165, 1.54) is 19.2 Å². The van der Waals surface area contributed by atoms with Crippen LogP contribution in [0.2, 0.25) is 5.02 Å². The van der Waals surface area contributed by atoms with E-state index in [1.54, 1.807) is 24.1 Å². The molecule has 0 amide bonds. The van der Waals surface area contributed by atoms with Crippen LogP contribution in [0, 0.1) is 5.82 Å². The van der Waals surface area contributed by atoms with E-state index in [0.717, 1.165) is 0 Å². The lowest BCUT2D eigenvalue weighted by atomic mass is 10.1. The highest BCUT2D eigenvalue weighted by Gasteiger charge is 2.20. The zero-order valence-corrected chi connectivity index (χ0v) is 10.5. The largest absolute Gasteiger partial charge is 0.465 e. The molecule has 0 bridgehead atoms. The van der Waals surface area contributed by atoms with Crippen molar-refractivity contribution in [3.63, 3.8) is 0 Å². The molecule has 0 aliphatic heterocycles. The molecule has 0 spiro atoms. The molecule has 18 heavy (non-hydrogen) atoms. The molecular formula is C12H10ClFN2O2. The molecule has 0 radical (unpaired) electrons. The van der Waals surface area contributed by atoms with Crippen molar-refractivity contribution in [3.05, 3.63) is 40.9 Å². The number of esters is 1. The summed E-state index contributed by atoms with van der Waals surface area (Å²) in [6.07, 6.45) is 3.31. The Morgan fingerprint density at radius 1 is 1.50 bits per heavy atom. The number of hydrogen-bond acceptors (Lipinski definition) is 3. The second kappa shape index (κ2) is 4.78. The summed E-state index contributed by atoms with van der Waals surface area (Å²) >= 11 is 6.05. The summed E-state index contributed by atoms with van der Waals surface area (Å²) in [6, 6.07) is 2.68. The molecule has 0 aliphatic carbocycles. The maximum absolute atomic E-state index is 13.6. The van der Waals surface area contributed by atoms with Gasteiger partial charge in [0.1, 0.15) is 11.4 Å². The van der Waals surface area contributed by atoms with Crippen LogP contribution < -0.4 is 0 Å². The van der Waals surface area contributed by atoms with E-state index >= 15 is 0 Å². The summed E-state index contributed by atoms with van der Waals surface area (Å²) < 4.78 is 19.7. The van der Waals surface area contributed by atoms with Gasteiger partial charge in [-0.25, -0.2) is 9.18 Å². The Balaban J connectivity index is 2.61. The number of carbonyl (C=O) groups is 1. The maximum Gasteiger partial charge on any atom is 0.342 e. The first-order valence-corrected chi connectivity index (χ1v) is 5.47. The van der Waals surface area contributed by atoms with E-state index in [1.807, 2.05) is 0 Å². The van der Waals surface area contributed by atoms with Crippen molar-refractivity contribution in [1.82, 2.24) is 9.78 Å². The molecule has 0 aliphatic rings. The molecule has 0 fully saturated rings. The van der Waals surface area contributed by atoms with Gasteiger partial charge in [-0.05, 0) is 12.1 Å². The predicted molar refractivity (Wildman–Crippen MR) is 65.0 cm³/mol. The minimum Gasteiger partial charge on any atom is -0.465 e. The Labute approximate surface area is 108 Å². The zero-order valence-electron chi connectivity index (χ0n) is 9.78. The van der Waals surface area contributed by atoms with Gasteiger partial charge in [-0.1, -0.05) is 11.6 Å². The van der Waals surface area contributed by atoms with Gasteiger partial charge >= 0.3 is 5.97 Å². The molecule has 0 N–H and O–H groups in total. The van der Waals surface area contributed by atoms with Gasteiger partial charge in [-0.3, -0.25) is 4.68 Å². The number of benzene rings is 1. The minimum absolute atomic E-state index is 0.0230. The topological polar surface area (TPSA) is 44.1 Å². The summed E-state index contributed by atoms with van der Waals surface area (Å²) in [6.45, 7) is 0. The molecule has 0 saturated heterocycles. The Morgan fingerprint density at radius 2 is 2.22 bits per heavy atom. The summed E-state index contributed by atoms with van der Waals surface area (Å²) in [7, 11) is 2.93. The number of ether oxygens (including phenoxy) is 1. The third-order valence-corrected chi connectivity index (χ3v) is 2.89. The summed E-state index contributed by atoms with van der Waals surface area (Å²) in [5.41, 5.74) is 0.972. The average Bonchev–Trinajstić information content (AvgIpc) is 2.75. The summed E-state index contributed by atoms with van der Waals surface area (Å²) in [4.78, 5) is 11.5. The first kappa shape index (κ1) is 12.6. The van der Waals surface area contributed by atoms with E-state index < -0.39 is 11.8 Å². The van der Waals surface area contributed by atoms with Crippen molar-refractivity contribution in [2.45, 2.75) is 0 Å². The highest BCUT2D eigenvalue weighted by Crippen LogP contribution is 2.32. The Bertz CT molecular complexity index is 610. The van der Waals surface area contributed by atoms with Crippen molar-refractivity contribution in [2.75, 3.05) is 7.11 Å². The van der Waals surface area contributed by atoms with Crippen LogP contribution in [0.15, 0.2) is 24.5 Å². The van der Waals surface area contributed by atoms with Crippen LogP contribution in [0.25, 0.3) is 11.1 Å². The van der Waals surface area contributed by atoms with Crippen LogP contribution in [0.3, 0.4) is 0 Å². The Hall–Kier alpha value is -1.88. The fourth-order valence-corrected chi connectivity index (χ4v) is 1.96. The van der Waals surface area contributed by atoms with Crippen LogP contribution >= 0.6 is 11.6 Å². The lowest BCUT2D eigenvalue weighted by Gasteiger charge is -2.07. The number of nitrogens with zero attached hydrogens (tertiary/aromatic N) is 2. The molecule has 2 rings (SSSR count). The van der Waals surface area contributed by atoms with Gasteiger partial charge in [0.25, 0.3) is 0 Å². The Morgan fingerprint density at radius 3 is 2.78 bits per heavy atom. The Kier molecular flexibility index (Phi) is 3.34. The summed E-state index contributed by atoms with van der Waals surface area (Å²) in [5, 5.41) is 4.02. The quantitative estimate of drug-likeness (QED) is 0.787. The standard InChI is InChI=1S/C12H10ClFN2O2/c1-16-6-7(5-15-16)8-3-4-9(14)10(11(8)13)12(17)18-2/h3-6H,1-2H3. The molecule has 1 aromatic heterocycles. The third kappa shape index (κ3) is 2.09. The number of halogens is 2. The van der Waals surface area contributed by atoms with E-state index in [4.69, 9.17) is 11.6 Å². The molecular weight excluding hydrogens is 259 g/mol. The molecule has 94 valence electrons. The number of rotatable bonds is 2. The number of carbonyl (C=O) groups excluding carboxylic acids is 1. The summed E-state index contributed by atoms with van der Waals surface area (Å²) in [5.74, 6) is -1.51. The smallest absolute Gasteiger partial charge is 0.342 e. The number of methoxy groups -OCH3 is 1. The van der Waals surface area contributed by atoms with Crippen molar-refractivity contribution in [3.8, 4) is 11.1 Å². The van der Waals surface area contributed by atoms with Crippen molar-refractivity contribution in [2.24, 2.45) is 7.05 Å². The predicted octanol–water partition coefficient (Wildman–Crippen LogP) is 2.67. The maximum atomic E-state index is 13.6. The second-order valence-electron chi connectivity index (χ2n) is 3.68. The highest BCUT2D eigenvalue weighted by molar-refractivity contribution is 6.36. The van der Waals surface area contributed by atoms with Crippen molar-refractivity contribution in [1.29, 1.82) is 0 Å². The molecule has 0 saturated carbocycles. The first-order valence-electron chi connectivity index (χ1n) is 5.10. The van der Waals surface area contributed by atoms with Gasteiger partial charge < -0.3 is 4.74 Å². The lowest BCUT2D eigenvalue weighted by molar-refractivity contribution is 0.0596. The molecule has 1 aromatic carbocycles. The molecule has 0 atom stereocenters. The van der Waals surface area contributed by atoms with Gasteiger partial charge in [0, 0.05) is 24.4 Å². The van der Waals surface area contributed by atoms with E-state index in [-0.39, 0.29) is 10.6 Å². The fraction of sp³-hybridized carbons (Fsp3) is 0.167. The van der Waals surface area contributed by atoms with E-state index in [0.29, 0.717) is 11.1 Å². The van der Waals surface area contributed by atoms with Crippen LogP contribution in [-0.4, -0.2) is 22.9 Å². The molecule has 1 heterocycles. The van der Waals surface area contributed by atoms with Crippen LogP contribution in [0.4, 0.5) is 4.39 Å². The van der Waals surface area contributed by atoms with Crippen LogP contribution in [0.5, 0.6) is 0 Å². The SMILES string of the molecule is COC(=O)c1c(F)ccc(-c2cnn(C)c2)c1Cl. The van der Waals surface area contributed by atoms with Gasteiger partial charge in [-0.15, -0.1) is 0 Å². The van der Waals surface area contributed by atoms with E-state index in [9.17, 15) is 9.18 Å². The van der Waals surface area contributed by atoms with Crippen LogP contribution in [-0.2, 0) is 11.8 Å². The molecule has 0 unspecified atom stereocenters. The van der Waals surface area contributed by atoms with E-state index in [2.05, 4.69) is 9.84 Å². The van der Waals surface area contributed by atoms with Gasteiger partial charge in [0.15, 0.2) is 0 Å². The molecule has 4 nitrogen and oxygen atoms in total. The van der Waals surface area contributed by atoms with Gasteiger partial charge in [-0.2, -0.15) is 5.10 Å². The normalized spacial score (nSPS) is 10.4. The third-order valence-electron chi connectivity index (χ3n) is 2.50. The fourth-order valence-electron chi connectivity index (χ4n) is 1.62. The molecule has 2 aromatic rings. The monoisotopic (exact) mass is 268 g/mol. The number of hydrogen-bond donors (Lipinski definition) is 0. The first-order chi connectivity index (χ1) is 8.54.